The number of halogens is 2. The molecule has 1 atom stereocenters. The maximum absolute atomic E-state index is 11.4. The number of nitrogens with zero attached hydrogens (tertiary/aromatic N) is 2. The summed E-state index contributed by atoms with van der Waals surface area (Å²) in [6, 6.07) is 5.59. The molecule has 0 saturated carbocycles. The number of amides is 1. The summed E-state index contributed by atoms with van der Waals surface area (Å²) in [5, 5.41) is 2.95. The van der Waals surface area contributed by atoms with Crippen LogP contribution in [0.15, 0.2) is 18.2 Å². The van der Waals surface area contributed by atoms with Gasteiger partial charge in [-0.3, -0.25) is 4.79 Å². The van der Waals surface area contributed by atoms with Crippen molar-refractivity contribution in [3.8, 4) is 0 Å². The van der Waals surface area contributed by atoms with Gasteiger partial charge in [0.1, 0.15) is 11.3 Å². The largest absolute Gasteiger partial charge is 0.359 e. The highest BCUT2D eigenvalue weighted by atomic mass is 35.5. The highest BCUT2D eigenvalue weighted by Gasteiger charge is 2.16. The van der Waals surface area contributed by atoms with Crippen molar-refractivity contribution < 1.29 is 4.79 Å². The molecule has 1 amide bonds. The second kappa shape index (κ2) is 5.80. The van der Waals surface area contributed by atoms with Gasteiger partial charge in [-0.2, -0.15) is 0 Å². The summed E-state index contributed by atoms with van der Waals surface area (Å²) < 4.78 is 1.95. The number of rotatable bonds is 4. The van der Waals surface area contributed by atoms with Gasteiger partial charge in [0.05, 0.1) is 15.9 Å². The van der Waals surface area contributed by atoms with Crippen molar-refractivity contribution in [3.63, 3.8) is 0 Å². The average Bonchev–Trinajstić information content (AvgIpc) is 2.76. The van der Waals surface area contributed by atoms with Crippen LogP contribution in [0, 0.1) is 0 Å². The van der Waals surface area contributed by atoms with Crippen LogP contribution in [0.2, 0.25) is 5.02 Å². The van der Waals surface area contributed by atoms with Gasteiger partial charge in [-0.05, 0) is 19.1 Å². The summed E-state index contributed by atoms with van der Waals surface area (Å²) in [4.78, 5) is 15.9. The van der Waals surface area contributed by atoms with Crippen LogP contribution >= 0.6 is 23.2 Å². The molecule has 2 rings (SSSR count). The number of hydrogen-bond acceptors (Lipinski definition) is 2. The number of nitrogens with one attached hydrogen (secondary N) is 1. The first kappa shape index (κ1) is 14.2. The molecule has 0 saturated heterocycles. The second-order valence-electron chi connectivity index (χ2n) is 4.27. The Bertz CT molecular complexity index is 607. The molecule has 1 unspecified atom stereocenters. The molecule has 19 heavy (non-hydrogen) atoms. The normalized spacial score (nSPS) is 12.6. The van der Waals surface area contributed by atoms with Crippen molar-refractivity contribution in [1.29, 1.82) is 0 Å². The zero-order valence-corrected chi connectivity index (χ0v) is 12.3. The van der Waals surface area contributed by atoms with Crippen LogP contribution in [0.1, 0.15) is 24.5 Å². The number of aromatic nitrogens is 2. The van der Waals surface area contributed by atoms with E-state index in [1.807, 2.05) is 23.6 Å². The van der Waals surface area contributed by atoms with Crippen LogP contribution in [-0.2, 0) is 11.3 Å². The number of para-hydroxylation sites is 1. The topological polar surface area (TPSA) is 46.9 Å². The number of imidazole rings is 1. The SMILES string of the molecule is CNC(=O)CCn1c(C(C)Cl)nc2c(Cl)cccc21. The zero-order valence-electron chi connectivity index (χ0n) is 10.8. The number of aryl methyl sites for hydroxylation is 1. The fourth-order valence-corrected chi connectivity index (χ4v) is 2.39. The highest BCUT2D eigenvalue weighted by Crippen LogP contribution is 2.28. The van der Waals surface area contributed by atoms with E-state index in [9.17, 15) is 4.79 Å². The predicted octanol–water partition coefficient (Wildman–Crippen LogP) is 3.13. The molecular weight excluding hydrogens is 285 g/mol. The van der Waals surface area contributed by atoms with Crippen LogP contribution in [-0.4, -0.2) is 22.5 Å². The first-order chi connectivity index (χ1) is 9.04. The van der Waals surface area contributed by atoms with Gasteiger partial charge >= 0.3 is 0 Å². The van der Waals surface area contributed by atoms with Gasteiger partial charge in [0.15, 0.2) is 0 Å². The van der Waals surface area contributed by atoms with Crippen molar-refractivity contribution in [2.45, 2.75) is 25.3 Å². The molecule has 1 aromatic carbocycles. The van der Waals surface area contributed by atoms with Gasteiger partial charge in [0.2, 0.25) is 5.91 Å². The number of alkyl halides is 1. The van der Waals surface area contributed by atoms with Crippen molar-refractivity contribution in [1.82, 2.24) is 14.9 Å². The molecule has 0 fully saturated rings. The maximum Gasteiger partial charge on any atom is 0.221 e. The van der Waals surface area contributed by atoms with E-state index >= 15 is 0 Å². The van der Waals surface area contributed by atoms with Crippen LogP contribution in [0.4, 0.5) is 0 Å². The maximum atomic E-state index is 11.4. The summed E-state index contributed by atoms with van der Waals surface area (Å²) in [7, 11) is 1.62. The van der Waals surface area contributed by atoms with E-state index in [1.54, 1.807) is 13.1 Å². The van der Waals surface area contributed by atoms with Gasteiger partial charge in [0.25, 0.3) is 0 Å². The van der Waals surface area contributed by atoms with Gasteiger partial charge in [-0.15, -0.1) is 11.6 Å². The van der Waals surface area contributed by atoms with Crippen LogP contribution in [0.5, 0.6) is 0 Å². The third-order valence-corrected chi connectivity index (χ3v) is 3.46. The molecular formula is C13H15Cl2N3O. The zero-order chi connectivity index (χ0) is 14.0. The van der Waals surface area contributed by atoms with E-state index in [0.717, 1.165) is 16.9 Å². The van der Waals surface area contributed by atoms with Gasteiger partial charge in [-0.1, -0.05) is 17.7 Å². The Morgan fingerprint density at radius 2 is 2.26 bits per heavy atom. The predicted molar refractivity (Wildman–Crippen MR) is 77.7 cm³/mol. The van der Waals surface area contributed by atoms with E-state index < -0.39 is 0 Å². The van der Waals surface area contributed by atoms with Crippen LogP contribution < -0.4 is 5.32 Å². The lowest BCUT2D eigenvalue weighted by Gasteiger charge is -2.09. The van der Waals surface area contributed by atoms with Gasteiger partial charge < -0.3 is 9.88 Å². The molecule has 0 aliphatic rings. The Kier molecular flexibility index (Phi) is 4.32. The molecule has 102 valence electrons. The second-order valence-corrected chi connectivity index (χ2v) is 5.33. The molecule has 0 radical (unpaired) electrons. The molecule has 0 aliphatic carbocycles. The fourth-order valence-electron chi connectivity index (χ4n) is 2.01. The quantitative estimate of drug-likeness (QED) is 0.882. The Morgan fingerprint density at radius 3 is 2.89 bits per heavy atom. The van der Waals surface area contributed by atoms with Gasteiger partial charge in [0, 0.05) is 20.0 Å². The van der Waals surface area contributed by atoms with Crippen molar-refractivity contribution in [2.75, 3.05) is 7.05 Å². The number of carbonyl (C=O) groups excluding carboxylic acids is 1. The van der Waals surface area contributed by atoms with E-state index in [-0.39, 0.29) is 11.3 Å². The average molecular weight is 300 g/mol. The molecule has 1 N–H and O–H groups in total. The lowest BCUT2D eigenvalue weighted by atomic mass is 10.3. The summed E-state index contributed by atoms with van der Waals surface area (Å²) in [5.74, 6) is 0.714. The first-order valence-corrected chi connectivity index (χ1v) is 6.85. The minimum absolute atomic E-state index is 0.0166. The summed E-state index contributed by atoms with van der Waals surface area (Å²) in [5.41, 5.74) is 1.63. The van der Waals surface area contributed by atoms with Gasteiger partial charge in [-0.25, -0.2) is 4.98 Å². The Hall–Kier alpha value is -1.26. The van der Waals surface area contributed by atoms with Crippen molar-refractivity contribution >= 4 is 40.1 Å². The molecule has 4 nitrogen and oxygen atoms in total. The summed E-state index contributed by atoms with van der Waals surface area (Å²) in [6.45, 7) is 2.38. The number of hydrogen-bond donors (Lipinski definition) is 1. The Labute approximate surface area is 121 Å². The van der Waals surface area contributed by atoms with Crippen LogP contribution in [0.25, 0.3) is 11.0 Å². The molecule has 1 heterocycles. The minimum Gasteiger partial charge on any atom is -0.359 e. The third kappa shape index (κ3) is 2.85. The molecule has 1 aromatic heterocycles. The number of benzene rings is 1. The summed E-state index contributed by atoms with van der Waals surface area (Å²) in [6.07, 6.45) is 0.380. The standard InChI is InChI=1S/C13H15Cl2N3O/c1-8(14)13-17-12-9(15)4-3-5-10(12)18(13)7-6-11(19)16-2/h3-5,8H,6-7H2,1-2H3,(H,16,19). The molecule has 6 heteroatoms. The van der Waals surface area contributed by atoms with E-state index in [2.05, 4.69) is 10.3 Å². The third-order valence-electron chi connectivity index (χ3n) is 2.96. The number of carbonyl (C=O) groups is 1. The first-order valence-electron chi connectivity index (χ1n) is 6.04. The van der Waals surface area contributed by atoms with E-state index in [1.165, 1.54) is 0 Å². The lowest BCUT2D eigenvalue weighted by Crippen LogP contribution is -2.20. The molecule has 2 aromatic rings. The molecule has 0 aliphatic heterocycles. The Morgan fingerprint density at radius 1 is 1.53 bits per heavy atom. The molecule has 0 spiro atoms. The smallest absolute Gasteiger partial charge is 0.221 e. The number of fused-ring (bicyclic) bond motifs is 1. The molecule has 0 bridgehead atoms. The van der Waals surface area contributed by atoms with Crippen LogP contribution in [0.3, 0.4) is 0 Å². The fraction of sp³-hybridized carbons (Fsp3) is 0.385. The monoisotopic (exact) mass is 299 g/mol. The lowest BCUT2D eigenvalue weighted by molar-refractivity contribution is -0.120. The van der Waals surface area contributed by atoms with Crippen molar-refractivity contribution in [3.05, 3.63) is 29.0 Å². The minimum atomic E-state index is -0.242. The summed E-state index contributed by atoms with van der Waals surface area (Å²) >= 11 is 12.3. The van der Waals surface area contributed by atoms with E-state index in [0.29, 0.717) is 18.0 Å². The highest BCUT2D eigenvalue weighted by molar-refractivity contribution is 6.35. The van der Waals surface area contributed by atoms with Crippen molar-refractivity contribution in [2.24, 2.45) is 0 Å². The Balaban J connectivity index is 2.46. The van der Waals surface area contributed by atoms with E-state index in [4.69, 9.17) is 23.2 Å².